The van der Waals surface area contributed by atoms with Gasteiger partial charge >= 0.3 is 11.9 Å². The maximum atomic E-state index is 13.3. The molecule has 0 saturated carbocycles. The summed E-state index contributed by atoms with van der Waals surface area (Å²) in [4.78, 5) is 87.3. The summed E-state index contributed by atoms with van der Waals surface area (Å²) in [5, 5.41) is 32.5. The second-order valence-electron chi connectivity index (χ2n) is 19.9. The summed E-state index contributed by atoms with van der Waals surface area (Å²) >= 11 is 0. The lowest BCUT2D eigenvalue weighted by Gasteiger charge is -2.32. The number of carboxylic acid groups (broad SMARTS) is 1. The number of aromatic nitrogens is 2. The Kier molecular flexibility index (Phi) is 37.2. The third-order valence-corrected chi connectivity index (χ3v) is 11.8. The van der Waals surface area contributed by atoms with Crippen molar-refractivity contribution < 1.29 is 48.1 Å². The quantitative estimate of drug-likeness (QED) is 0.0331. The van der Waals surface area contributed by atoms with Gasteiger partial charge in [-0.1, -0.05) is 121 Å². The zero-order valence-electron chi connectivity index (χ0n) is 42.5. The van der Waals surface area contributed by atoms with E-state index in [1.54, 1.807) is 41.3 Å². The number of nitrogens with two attached hydrogens (primary N) is 1. The molecule has 0 aliphatic carbocycles. The Morgan fingerprint density at radius 1 is 0.593 bits per heavy atom. The Balaban J connectivity index is -0.000000428. The molecule has 0 unspecified atom stereocenters. The number of likely N-dealkylation sites (tertiary alicyclic amines) is 1. The summed E-state index contributed by atoms with van der Waals surface area (Å²) < 4.78 is 15.4. The fourth-order valence-corrected chi connectivity index (χ4v) is 7.82. The van der Waals surface area contributed by atoms with Crippen molar-refractivity contribution in [3.8, 4) is 34.0 Å². The van der Waals surface area contributed by atoms with Crippen LogP contribution >= 0.6 is 0 Å². The molecular weight excluding hydrogens is 1030 g/mol. The summed E-state index contributed by atoms with van der Waals surface area (Å²) in [5.74, 6) is -2.88. The molecule has 2 aromatic carbocycles. The number of guanidine groups is 1. The van der Waals surface area contributed by atoms with Crippen molar-refractivity contribution >= 4 is 41.5 Å². The van der Waals surface area contributed by atoms with Gasteiger partial charge in [-0.2, -0.15) is 0 Å². The van der Waals surface area contributed by atoms with Crippen molar-refractivity contribution in [1.82, 2.24) is 41.5 Å². The fourth-order valence-electron chi connectivity index (χ4n) is 7.82. The highest BCUT2D eigenvalue weighted by atomic mass is 16.5. The Hall–Kier alpha value is -7.61. The number of nitrogens with one attached hydrogen (secondary N) is 6. The molecule has 6 rings (SSSR count). The Labute approximate surface area is 486 Å². The smallest absolute Gasteiger partial charge is 0.338 e. The maximum absolute atomic E-state index is 13.3. The average Bonchev–Trinajstić information content (AvgIpc) is 3.36. The highest BCUT2D eigenvalue weighted by molar-refractivity contribution is 6.07. The van der Waals surface area contributed by atoms with E-state index in [0.717, 1.165) is 25.9 Å². The van der Waals surface area contributed by atoms with Gasteiger partial charge < -0.3 is 56.5 Å². The number of carboxylic acids is 1. The van der Waals surface area contributed by atoms with Gasteiger partial charge in [0.15, 0.2) is 5.96 Å². The van der Waals surface area contributed by atoms with Gasteiger partial charge in [-0.3, -0.25) is 24.6 Å². The topological polar surface area (TPSA) is 289 Å². The first-order valence-corrected chi connectivity index (χ1v) is 23.7. The van der Waals surface area contributed by atoms with Crippen LogP contribution in [0.3, 0.4) is 0 Å². The van der Waals surface area contributed by atoms with Gasteiger partial charge in [0.05, 0.1) is 32.5 Å². The third-order valence-electron chi connectivity index (χ3n) is 11.8. The van der Waals surface area contributed by atoms with Crippen molar-refractivity contribution in [1.29, 1.82) is 5.41 Å². The van der Waals surface area contributed by atoms with E-state index in [2.05, 4.69) is 36.6 Å². The van der Waals surface area contributed by atoms with Gasteiger partial charge in [0.25, 0.3) is 23.6 Å². The number of hydrogen-bond acceptors (Lipinski definition) is 13. The second kappa shape index (κ2) is 36.6. The number of aromatic carboxylic acids is 1. The Bertz CT molecular complexity index is 2650. The molecule has 0 spiro atoms. The van der Waals surface area contributed by atoms with Gasteiger partial charge in [-0.25, -0.2) is 19.6 Å². The van der Waals surface area contributed by atoms with Crippen LogP contribution in [0.2, 0.25) is 0 Å². The third kappa shape index (κ3) is 23.2. The van der Waals surface area contributed by atoms with Crippen LogP contribution in [0.5, 0.6) is 11.8 Å². The number of benzene rings is 2. The molecule has 4 heterocycles. The summed E-state index contributed by atoms with van der Waals surface area (Å²) in [6, 6.07) is 15.4. The van der Waals surface area contributed by atoms with E-state index in [-0.39, 0.29) is 159 Å². The molecule has 2 aliphatic heterocycles. The molecule has 0 radical (unpaired) electrons. The minimum Gasteiger partial charge on any atom is -0.481 e. The predicted octanol–water partition coefficient (Wildman–Crippen LogP) is 10.8. The molecular formula is C61H104N10O10. The number of rotatable bonds is 14. The van der Waals surface area contributed by atoms with E-state index in [4.69, 9.17) is 25.4 Å². The van der Waals surface area contributed by atoms with Crippen molar-refractivity contribution in [2.75, 3.05) is 60.6 Å². The van der Waals surface area contributed by atoms with Gasteiger partial charge in [-0.05, 0) is 97.1 Å². The van der Waals surface area contributed by atoms with Gasteiger partial charge in [-0.15, -0.1) is 0 Å². The van der Waals surface area contributed by atoms with E-state index < -0.39 is 17.8 Å². The molecule has 81 heavy (non-hydrogen) atoms. The largest absolute Gasteiger partial charge is 0.481 e. The lowest BCUT2D eigenvalue weighted by atomic mass is 9.94. The van der Waals surface area contributed by atoms with Gasteiger partial charge in [0, 0.05) is 72.6 Å². The first kappa shape index (κ1) is 82.2. The molecule has 458 valence electrons. The number of hydrogen-bond donors (Lipinski definition) is 8. The molecule has 0 atom stereocenters. The molecule has 4 amide bonds. The molecule has 20 nitrogen and oxygen atoms in total. The van der Waals surface area contributed by atoms with Crippen molar-refractivity contribution in [3.05, 3.63) is 94.3 Å². The van der Waals surface area contributed by atoms with E-state index in [1.807, 2.05) is 41.5 Å². The number of methoxy groups -OCH3 is 3. The number of nitrogens with zero attached hydrogens (tertiary/aromatic N) is 3. The Morgan fingerprint density at radius 3 is 1.32 bits per heavy atom. The standard InChI is InChI=1S/C26H34N6O5.C26H34N4O5.9CH4/c1-26(2,3)14-29-22(33)15-5-6-17(19(13-15)24(35)36)18-7-8-20(37-4)31-21(18)23(34)30-16-9-11-32(12-10-16)25(27)28;1-26(2,3)15-28-23(31)16-6-7-18(20(14-16)25(33)35-5)19-8-9-21(34-4)30-22(19)24(32)29-17-10-12-27-13-11-17;;;;;;;;;/h5-8,13,16H,9-12,14H2,1-4H3,(H3,27,28)(H,29,33)(H,30,34)(H,35,36);6-9,14,17,27H,10-13,15H2,1-5H3,(H,28,31)(H,29,32);9*1H4. The van der Waals surface area contributed by atoms with Crippen LogP contribution in [0.1, 0.15) is 196 Å². The summed E-state index contributed by atoms with van der Waals surface area (Å²) in [7, 11) is 4.17. The van der Waals surface area contributed by atoms with E-state index in [1.165, 1.54) is 45.6 Å². The first-order valence-electron chi connectivity index (χ1n) is 23.7. The first-order chi connectivity index (χ1) is 34.0. The SMILES string of the molecule is C.C.C.C.C.C.C.C.C.COC(=O)c1cc(C(=O)NCC(C)(C)C)ccc1-c1ccc(OC)nc1C(=O)NC1CCNCC1.COc1ccc(-c2ccc(C(=O)NCC(C)(C)C)cc2C(=O)O)c(C(=O)NC2CCN(C(=N)N)CC2)n1. The van der Waals surface area contributed by atoms with E-state index in [0.29, 0.717) is 61.3 Å². The number of esters is 1. The minimum absolute atomic E-state index is 0. The molecule has 2 aromatic heterocycles. The molecule has 2 fully saturated rings. The van der Waals surface area contributed by atoms with E-state index >= 15 is 0 Å². The lowest BCUT2D eigenvalue weighted by molar-refractivity contribution is 0.0600. The fraction of sp³-hybridized carbons (Fsp3) is 0.525. The van der Waals surface area contributed by atoms with Crippen molar-refractivity contribution in [3.63, 3.8) is 0 Å². The Morgan fingerprint density at radius 2 is 0.963 bits per heavy atom. The van der Waals surface area contributed by atoms with Crippen molar-refractivity contribution in [2.24, 2.45) is 16.6 Å². The molecule has 4 aromatic rings. The van der Waals surface area contributed by atoms with Gasteiger partial charge in [0.2, 0.25) is 11.8 Å². The predicted molar refractivity (Wildman–Crippen MR) is 332 cm³/mol. The average molecular weight is 1140 g/mol. The van der Waals surface area contributed by atoms with Crippen LogP contribution < -0.4 is 41.8 Å². The van der Waals surface area contributed by atoms with E-state index in [9.17, 15) is 33.9 Å². The summed E-state index contributed by atoms with van der Waals surface area (Å²) in [5.41, 5.74) is 7.48. The van der Waals surface area contributed by atoms with Crippen LogP contribution in [-0.2, 0) is 4.74 Å². The van der Waals surface area contributed by atoms with Crippen LogP contribution in [0, 0.1) is 16.2 Å². The second-order valence-corrected chi connectivity index (χ2v) is 19.9. The van der Waals surface area contributed by atoms with Crippen LogP contribution in [0.25, 0.3) is 22.3 Å². The molecule has 2 saturated heterocycles. The highest BCUT2D eigenvalue weighted by Gasteiger charge is 2.28. The minimum atomic E-state index is -1.24. The summed E-state index contributed by atoms with van der Waals surface area (Å²) in [6.07, 6.45) is 2.83. The molecule has 2 aliphatic rings. The van der Waals surface area contributed by atoms with Crippen LogP contribution in [0.4, 0.5) is 0 Å². The lowest BCUT2D eigenvalue weighted by Crippen LogP contribution is -2.48. The van der Waals surface area contributed by atoms with Crippen LogP contribution in [-0.4, -0.2) is 134 Å². The molecule has 20 heteroatoms. The number of ether oxygens (including phenoxy) is 3. The van der Waals surface area contributed by atoms with Crippen molar-refractivity contribution in [2.45, 2.75) is 146 Å². The normalized spacial score (nSPS) is 12.6. The zero-order valence-corrected chi connectivity index (χ0v) is 42.5. The molecule has 0 bridgehead atoms. The highest BCUT2D eigenvalue weighted by Crippen LogP contribution is 2.32. The number of pyridine rings is 2. The molecule has 9 N–H and O–H groups in total. The number of carbonyl (C=O) groups is 6. The summed E-state index contributed by atoms with van der Waals surface area (Å²) in [6.45, 7) is 15.6. The monoisotopic (exact) mass is 1140 g/mol. The zero-order chi connectivity index (χ0) is 52.9. The number of piperidine rings is 2. The number of amides is 4. The van der Waals surface area contributed by atoms with Crippen LogP contribution in [0.15, 0.2) is 60.7 Å². The maximum Gasteiger partial charge on any atom is 0.338 e. The number of carbonyl (C=O) groups excluding carboxylic acids is 5. The van der Waals surface area contributed by atoms with Gasteiger partial charge in [0.1, 0.15) is 11.4 Å².